The molecule has 4 atom stereocenters. The highest BCUT2D eigenvalue weighted by Gasteiger charge is 2.44. The quantitative estimate of drug-likeness (QED) is 0.916. The Balaban J connectivity index is 1.68. The number of amides is 1. The number of hydrogen-bond acceptors (Lipinski definition) is 3. The second-order valence-corrected chi connectivity index (χ2v) is 7.53. The Morgan fingerprint density at radius 2 is 2.12 bits per heavy atom. The van der Waals surface area contributed by atoms with E-state index >= 15 is 0 Å². The standard InChI is InChI=1S/C19H25N3O2/c1-11-4-5-13-9-12(2)22(17(13)8-11)19(23)18-15-7-6-14(24-3)10-16(15)20-21-18/h6-7,10-13,17H,4-5,8-9H2,1-3H3,(H,20,21). The fourth-order valence-electron chi connectivity index (χ4n) is 4.67. The lowest BCUT2D eigenvalue weighted by molar-refractivity contribution is 0.0602. The second kappa shape index (κ2) is 5.80. The summed E-state index contributed by atoms with van der Waals surface area (Å²) < 4.78 is 5.25. The van der Waals surface area contributed by atoms with Crippen LogP contribution in [0.5, 0.6) is 5.75 Å². The minimum absolute atomic E-state index is 0.0699. The largest absolute Gasteiger partial charge is 0.497 e. The van der Waals surface area contributed by atoms with Gasteiger partial charge in [0.05, 0.1) is 12.6 Å². The number of fused-ring (bicyclic) bond motifs is 2. The summed E-state index contributed by atoms with van der Waals surface area (Å²) in [6.45, 7) is 4.48. The van der Waals surface area contributed by atoms with Gasteiger partial charge in [-0.25, -0.2) is 0 Å². The van der Waals surface area contributed by atoms with Gasteiger partial charge in [-0.3, -0.25) is 9.89 Å². The van der Waals surface area contributed by atoms with Crippen LogP contribution < -0.4 is 4.74 Å². The van der Waals surface area contributed by atoms with Gasteiger partial charge in [-0.2, -0.15) is 5.10 Å². The van der Waals surface area contributed by atoms with Crippen LogP contribution in [0.4, 0.5) is 0 Å². The van der Waals surface area contributed by atoms with E-state index in [0.29, 0.717) is 29.6 Å². The number of likely N-dealkylation sites (tertiary alicyclic amines) is 1. The zero-order valence-electron chi connectivity index (χ0n) is 14.6. The van der Waals surface area contributed by atoms with Crippen LogP contribution in [0, 0.1) is 11.8 Å². The van der Waals surface area contributed by atoms with Crippen LogP contribution >= 0.6 is 0 Å². The predicted octanol–water partition coefficient (Wildman–Crippen LogP) is 3.61. The van der Waals surface area contributed by atoms with E-state index in [1.165, 1.54) is 12.8 Å². The summed E-state index contributed by atoms with van der Waals surface area (Å²) in [7, 11) is 1.64. The first-order valence-corrected chi connectivity index (χ1v) is 8.93. The summed E-state index contributed by atoms with van der Waals surface area (Å²) in [6.07, 6.45) is 4.79. The number of carbonyl (C=O) groups excluding carboxylic acids is 1. The Labute approximate surface area is 142 Å². The zero-order valence-corrected chi connectivity index (χ0v) is 14.6. The number of hydrogen-bond donors (Lipinski definition) is 1. The van der Waals surface area contributed by atoms with Crippen molar-refractivity contribution in [3.63, 3.8) is 0 Å². The maximum atomic E-state index is 13.3. The fraction of sp³-hybridized carbons (Fsp3) is 0.579. The number of ether oxygens (including phenoxy) is 1. The molecule has 2 fully saturated rings. The van der Waals surface area contributed by atoms with Gasteiger partial charge in [0.2, 0.25) is 0 Å². The maximum absolute atomic E-state index is 13.3. The van der Waals surface area contributed by atoms with Crippen molar-refractivity contribution >= 4 is 16.8 Å². The molecule has 1 aromatic carbocycles. The van der Waals surface area contributed by atoms with Gasteiger partial charge in [0.25, 0.3) is 5.91 Å². The molecule has 1 N–H and O–H groups in total. The molecule has 1 aliphatic carbocycles. The summed E-state index contributed by atoms with van der Waals surface area (Å²) in [5.41, 5.74) is 1.39. The number of nitrogens with zero attached hydrogens (tertiary/aromatic N) is 2. The molecule has 0 spiro atoms. The first-order valence-electron chi connectivity index (χ1n) is 8.93. The van der Waals surface area contributed by atoms with Crippen molar-refractivity contribution in [1.29, 1.82) is 0 Å². The first-order chi connectivity index (χ1) is 11.6. The average molecular weight is 327 g/mol. The number of rotatable bonds is 2. The third-order valence-electron chi connectivity index (χ3n) is 5.90. The van der Waals surface area contributed by atoms with Crippen molar-refractivity contribution < 1.29 is 9.53 Å². The van der Waals surface area contributed by atoms with Crippen molar-refractivity contribution in [3.05, 3.63) is 23.9 Å². The normalized spacial score (nSPS) is 29.7. The van der Waals surface area contributed by atoms with Gasteiger partial charge >= 0.3 is 0 Å². The van der Waals surface area contributed by atoms with E-state index in [4.69, 9.17) is 4.74 Å². The molecule has 1 aliphatic heterocycles. The molecule has 0 bridgehead atoms. The van der Waals surface area contributed by atoms with Crippen molar-refractivity contribution in [1.82, 2.24) is 15.1 Å². The Kier molecular flexibility index (Phi) is 3.74. The van der Waals surface area contributed by atoms with E-state index in [-0.39, 0.29) is 5.91 Å². The first kappa shape index (κ1) is 15.5. The van der Waals surface area contributed by atoms with Crippen LogP contribution in [0.2, 0.25) is 0 Å². The Hall–Kier alpha value is -2.04. The Morgan fingerprint density at radius 1 is 1.29 bits per heavy atom. The van der Waals surface area contributed by atoms with Crippen molar-refractivity contribution in [2.24, 2.45) is 11.8 Å². The van der Waals surface area contributed by atoms with Crippen LogP contribution in [-0.4, -0.2) is 40.2 Å². The van der Waals surface area contributed by atoms with Crippen LogP contribution in [0.15, 0.2) is 18.2 Å². The molecule has 2 aromatic rings. The highest BCUT2D eigenvalue weighted by Crippen LogP contribution is 2.42. The molecule has 0 radical (unpaired) electrons. The van der Waals surface area contributed by atoms with Crippen molar-refractivity contribution in [3.8, 4) is 5.75 Å². The van der Waals surface area contributed by atoms with Crippen LogP contribution in [0.25, 0.3) is 10.9 Å². The molecule has 1 amide bonds. The van der Waals surface area contributed by atoms with Crippen molar-refractivity contribution in [2.75, 3.05) is 7.11 Å². The fourth-order valence-corrected chi connectivity index (χ4v) is 4.67. The lowest BCUT2D eigenvalue weighted by Crippen LogP contribution is -2.43. The van der Waals surface area contributed by atoms with Gasteiger partial charge in [-0.05, 0) is 50.2 Å². The van der Waals surface area contributed by atoms with Crippen LogP contribution in [0.1, 0.15) is 50.0 Å². The number of H-pyrrole nitrogens is 1. The van der Waals surface area contributed by atoms with E-state index in [2.05, 4.69) is 28.9 Å². The molecule has 2 aliphatic rings. The van der Waals surface area contributed by atoms with Gasteiger partial charge < -0.3 is 9.64 Å². The summed E-state index contributed by atoms with van der Waals surface area (Å²) in [6, 6.07) is 6.36. The number of aromatic nitrogens is 2. The SMILES string of the molecule is COc1ccc2c(C(=O)N3C(C)CC4CCC(C)CC43)n[nH]c2c1. The monoisotopic (exact) mass is 327 g/mol. The molecule has 2 heterocycles. The Bertz CT molecular complexity index is 769. The van der Waals surface area contributed by atoms with E-state index < -0.39 is 0 Å². The third-order valence-corrected chi connectivity index (χ3v) is 5.90. The lowest BCUT2D eigenvalue weighted by atomic mass is 9.79. The number of benzene rings is 1. The number of methoxy groups -OCH3 is 1. The summed E-state index contributed by atoms with van der Waals surface area (Å²) >= 11 is 0. The van der Waals surface area contributed by atoms with Gasteiger partial charge in [0.15, 0.2) is 5.69 Å². The number of carbonyl (C=O) groups is 1. The van der Waals surface area contributed by atoms with E-state index in [1.807, 2.05) is 18.2 Å². The molecule has 1 saturated carbocycles. The average Bonchev–Trinajstić information content (AvgIpc) is 3.13. The molecule has 5 heteroatoms. The highest BCUT2D eigenvalue weighted by atomic mass is 16.5. The zero-order chi connectivity index (χ0) is 16.8. The van der Waals surface area contributed by atoms with E-state index in [9.17, 15) is 4.79 Å². The second-order valence-electron chi connectivity index (χ2n) is 7.53. The minimum atomic E-state index is 0.0699. The van der Waals surface area contributed by atoms with Crippen molar-refractivity contribution in [2.45, 2.75) is 51.6 Å². The molecule has 4 unspecified atom stereocenters. The smallest absolute Gasteiger partial charge is 0.275 e. The molecule has 1 saturated heterocycles. The van der Waals surface area contributed by atoms with Gasteiger partial charge in [-0.1, -0.05) is 13.3 Å². The maximum Gasteiger partial charge on any atom is 0.275 e. The van der Waals surface area contributed by atoms with E-state index in [1.54, 1.807) is 7.11 Å². The molecule has 24 heavy (non-hydrogen) atoms. The summed E-state index contributed by atoms with van der Waals surface area (Å²) in [5.74, 6) is 2.19. The van der Waals surface area contributed by atoms with Gasteiger partial charge in [-0.15, -0.1) is 0 Å². The number of nitrogens with one attached hydrogen (secondary N) is 1. The highest BCUT2D eigenvalue weighted by molar-refractivity contribution is 6.05. The Morgan fingerprint density at radius 3 is 2.92 bits per heavy atom. The molecular formula is C19H25N3O2. The molecule has 128 valence electrons. The van der Waals surface area contributed by atoms with Gasteiger partial charge in [0.1, 0.15) is 5.75 Å². The summed E-state index contributed by atoms with van der Waals surface area (Å²) in [5, 5.41) is 8.20. The van der Waals surface area contributed by atoms with Crippen LogP contribution in [-0.2, 0) is 0 Å². The molecule has 4 rings (SSSR count). The molecule has 5 nitrogen and oxygen atoms in total. The molecule has 1 aromatic heterocycles. The molecular weight excluding hydrogens is 302 g/mol. The minimum Gasteiger partial charge on any atom is -0.497 e. The predicted molar refractivity (Wildman–Crippen MR) is 93.2 cm³/mol. The topological polar surface area (TPSA) is 58.2 Å². The van der Waals surface area contributed by atoms with E-state index in [0.717, 1.165) is 29.5 Å². The summed E-state index contributed by atoms with van der Waals surface area (Å²) in [4.78, 5) is 15.4. The third kappa shape index (κ3) is 2.38. The number of aromatic amines is 1. The lowest BCUT2D eigenvalue weighted by Gasteiger charge is -2.35. The van der Waals surface area contributed by atoms with Crippen LogP contribution in [0.3, 0.4) is 0 Å². The van der Waals surface area contributed by atoms with Gasteiger partial charge in [0, 0.05) is 23.5 Å².